The summed E-state index contributed by atoms with van der Waals surface area (Å²) in [6.45, 7) is 2.28. The maximum absolute atomic E-state index is 5.20. The Morgan fingerprint density at radius 3 is 2.15 bits per heavy atom. The van der Waals surface area contributed by atoms with E-state index >= 15 is 0 Å². The minimum atomic E-state index is 0.675. The molecule has 104 valence electrons. The summed E-state index contributed by atoms with van der Waals surface area (Å²) >= 11 is 0. The molecule has 2 nitrogen and oxygen atoms in total. The van der Waals surface area contributed by atoms with Gasteiger partial charge in [-0.1, -0.05) is 36.4 Å². The molecule has 20 heavy (non-hydrogen) atoms. The topological polar surface area (TPSA) is 21.3 Å². The summed E-state index contributed by atoms with van der Waals surface area (Å²) in [7, 11) is 1.70. The molecule has 2 aromatic carbocycles. The molecule has 1 unspecified atom stereocenters. The summed E-state index contributed by atoms with van der Waals surface area (Å²) in [5.74, 6) is 1.58. The van der Waals surface area contributed by atoms with Crippen LogP contribution in [0, 0.1) is 0 Å². The van der Waals surface area contributed by atoms with Crippen LogP contribution >= 0.6 is 0 Å². The highest BCUT2D eigenvalue weighted by molar-refractivity contribution is 5.64. The van der Waals surface area contributed by atoms with Crippen LogP contribution in [0.3, 0.4) is 0 Å². The Hall–Kier alpha value is -1.80. The lowest BCUT2D eigenvalue weighted by molar-refractivity contribution is 0.415. The van der Waals surface area contributed by atoms with Crippen molar-refractivity contribution in [2.24, 2.45) is 0 Å². The van der Waals surface area contributed by atoms with Gasteiger partial charge in [0.15, 0.2) is 0 Å². The van der Waals surface area contributed by atoms with Crippen LogP contribution in [0.25, 0.3) is 11.1 Å². The molecule has 2 aromatic rings. The number of rotatable bonds is 3. The predicted octanol–water partition coefficient (Wildman–Crippen LogP) is 3.83. The van der Waals surface area contributed by atoms with Crippen LogP contribution in [0.5, 0.6) is 5.75 Å². The van der Waals surface area contributed by atoms with Gasteiger partial charge in [-0.3, -0.25) is 0 Å². The van der Waals surface area contributed by atoms with Crippen molar-refractivity contribution in [3.8, 4) is 16.9 Å². The molecule has 0 spiro atoms. The van der Waals surface area contributed by atoms with Gasteiger partial charge in [0.25, 0.3) is 0 Å². The van der Waals surface area contributed by atoms with Gasteiger partial charge in [0.1, 0.15) is 5.75 Å². The van der Waals surface area contributed by atoms with E-state index in [2.05, 4.69) is 41.7 Å². The zero-order valence-electron chi connectivity index (χ0n) is 11.9. The molecule has 0 aliphatic carbocycles. The smallest absolute Gasteiger partial charge is 0.118 e. The van der Waals surface area contributed by atoms with Gasteiger partial charge in [0.05, 0.1) is 7.11 Å². The van der Waals surface area contributed by atoms with Gasteiger partial charge in [-0.05, 0) is 54.1 Å². The Labute approximate surface area is 120 Å². The number of benzene rings is 2. The summed E-state index contributed by atoms with van der Waals surface area (Å²) in [6.07, 6.45) is 2.58. The lowest BCUT2D eigenvalue weighted by Crippen LogP contribution is -2.28. The fourth-order valence-electron chi connectivity index (χ4n) is 2.87. The molecule has 0 radical (unpaired) electrons. The molecule has 1 aliphatic rings. The van der Waals surface area contributed by atoms with Gasteiger partial charge < -0.3 is 10.1 Å². The van der Waals surface area contributed by atoms with Gasteiger partial charge in [0.2, 0.25) is 0 Å². The fraction of sp³-hybridized carbons (Fsp3) is 0.333. The first-order valence-electron chi connectivity index (χ1n) is 7.32. The molecular formula is C18H21NO. The molecule has 1 saturated heterocycles. The van der Waals surface area contributed by atoms with Crippen molar-refractivity contribution in [3.63, 3.8) is 0 Å². The molecule has 0 aromatic heterocycles. The minimum absolute atomic E-state index is 0.675. The molecular weight excluding hydrogens is 246 g/mol. The number of piperidine rings is 1. The van der Waals surface area contributed by atoms with Crippen LogP contribution in [-0.4, -0.2) is 20.2 Å². The Bertz CT molecular complexity index is 539. The van der Waals surface area contributed by atoms with Gasteiger partial charge >= 0.3 is 0 Å². The van der Waals surface area contributed by atoms with E-state index in [4.69, 9.17) is 4.74 Å². The van der Waals surface area contributed by atoms with E-state index in [0.29, 0.717) is 5.92 Å². The Morgan fingerprint density at radius 2 is 1.60 bits per heavy atom. The highest BCUT2D eigenvalue weighted by Crippen LogP contribution is 2.27. The number of nitrogens with one attached hydrogen (secondary N) is 1. The molecule has 0 amide bonds. The minimum Gasteiger partial charge on any atom is -0.497 e. The molecule has 0 bridgehead atoms. The average molecular weight is 267 g/mol. The molecule has 1 heterocycles. The second kappa shape index (κ2) is 6.10. The van der Waals surface area contributed by atoms with Crippen molar-refractivity contribution >= 4 is 0 Å². The quantitative estimate of drug-likeness (QED) is 0.912. The summed E-state index contributed by atoms with van der Waals surface area (Å²) in [4.78, 5) is 0. The van der Waals surface area contributed by atoms with E-state index in [1.165, 1.54) is 36.1 Å². The van der Waals surface area contributed by atoms with Gasteiger partial charge in [-0.2, -0.15) is 0 Å². The van der Waals surface area contributed by atoms with E-state index < -0.39 is 0 Å². The molecule has 1 fully saturated rings. The predicted molar refractivity (Wildman–Crippen MR) is 83.3 cm³/mol. The van der Waals surface area contributed by atoms with E-state index in [1.54, 1.807) is 7.11 Å². The van der Waals surface area contributed by atoms with Gasteiger partial charge in [0, 0.05) is 6.54 Å². The number of hydrogen-bond acceptors (Lipinski definition) is 2. The molecule has 1 aliphatic heterocycles. The first kappa shape index (κ1) is 13.2. The van der Waals surface area contributed by atoms with E-state index in [0.717, 1.165) is 12.3 Å². The Kier molecular flexibility index (Phi) is 4.03. The fourth-order valence-corrected chi connectivity index (χ4v) is 2.87. The standard InChI is InChI=1S/C18H21NO/c1-20-18-10-8-15(9-11-18)14-4-6-16(7-5-14)17-3-2-12-19-13-17/h4-11,17,19H,2-3,12-13H2,1H3. The zero-order chi connectivity index (χ0) is 13.8. The van der Waals surface area contributed by atoms with Crippen molar-refractivity contribution in [2.45, 2.75) is 18.8 Å². The molecule has 1 atom stereocenters. The van der Waals surface area contributed by atoms with Crippen molar-refractivity contribution < 1.29 is 4.74 Å². The van der Waals surface area contributed by atoms with Crippen molar-refractivity contribution in [1.82, 2.24) is 5.32 Å². The number of ether oxygens (including phenoxy) is 1. The second-order valence-corrected chi connectivity index (χ2v) is 5.39. The summed E-state index contributed by atoms with van der Waals surface area (Å²) in [5.41, 5.74) is 3.95. The van der Waals surface area contributed by atoms with E-state index in [1.807, 2.05) is 12.1 Å². The summed E-state index contributed by atoms with van der Waals surface area (Å²) < 4.78 is 5.20. The molecule has 1 N–H and O–H groups in total. The van der Waals surface area contributed by atoms with Crippen molar-refractivity contribution in [1.29, 1.82) is 0 Å². The lowest BCUT2D eigenvalue weighted by atomic mass is 9.90. The maximum atomic E-state index is 5.20. The van der Waals surface area contributed by atoms with Crippen molar-refractivity contribution in [3.05, 3.63) is 54.1 Å². The van der Waals surface area contributed by atoms with Crippen LogP contribution in [0.1, 0.15) is 24.3 Å². The van der Waals surface area contributed by atoms with Gasteiger partial charge in [-0.15, -0.1) is 0 Å². The second-order valence-electron chi connectivity index (χ2n) is 5.39. The number of hydrogen-bond donors (Lipinski definition) is 1. The van der Waals surface area contributed by atoms with Crippen LogP contribution < -0.4 is 10.1 Å². The van der Waals surface area contributed by atoms with Crippen LogP contribution in [0.4, 0.5) is 0 Å². The third kappa shape index (κ3) is 2.86. The SMILES string of the molecule is COc1ccc(-c2ccc(C3CCCNC3)cc2)cc1. The summed E-state index contributed by atoms with van der Waals surface area (Å²) in [5, 5.41) is 3.48. The van der Waals surface area contributed by atoms with E-state index in [-0.39, 0.29) is 0 Å². The average Bonchev–Trinajstić information content (AvgIpc) is 2.56. The highest BCUT2D eigenvalue weighted by atomic mass is 16.5. The Morgan fingerprint density at radius 1 is 0.950 bits per heavy atom. The monoisotopic (exact) mass is 267 g/mol. The van der Waals surface area contributed by atoms with Crippen LogP contribution in [0.15, 0.2) is 48.5 Å². The Balaban J connectivity index is 1.77. The number of methoxy groups -OCH3 is 1. The lowest BCUT2D eigenvalue weighted by Gasteiger charge is -2.23. The normalized spacial score (nSPS) is 18.8. The van der Waals surface area contributed by atoms with Gasteiger partial charge in [-0.25, -0.2) is 0 Å². The first-order valence-corrected chi connectivity index (χ1v) is 7.32. The molecule has 0 saturated carbocycles. The van der Waals surface area contributed by atoms with E-state index in [9.17, 15) is 0 Å². The maximum Gasteiger partial charge on any atom is 0.118 e. The van der Waals surface area contributed by atoms with Crippen LogP contribution in [0.2, 0.25) is 0 Å². The molecule has 3 rings (SSSR count). The zero-order valence-corrected chi connectivity index (χ0v) is 11.9. The summed E-state index contributed by atoms with van der Waals surface area (Å²) in [6, 6.07) is 17.2. The van der Waals surface area contributed by atoms with Crippen LogP contribution in [-0.2, 0) is 0 Å². The molecule has 2 heteroatoms. The first-order chi connectivity index (χ1) is 9.86. The highest BCUT2D eigenvalue weighted by Gasteiger charge is 2.14. The third-order valence-electron chi connectivity index (χ3n) is 4.10. The third-order valence-corrected chi connectivity index (χ3v) is 4.10. The van der Waals surface area contributed by atoms with Crippen molar-refractivity contribution in [2.75, 3.05) is 20.2 Å². The largest absolute Gasteiger partial charge is 0.497 e.